The first kappa shape index (κ1) is 15.8. The predicted octanol–water partition coefficient (Wildman–Crippen LogP) is 4.22. The van der Waals surface area contributed by atoms with Gasteiger partial charge >= 0.3 is 0 Å². The maximum absolute atomic E-state index is 3.71. The van der Waals surface area contributed by atoms with Crippen molar-refractivity contribution in [3.8, 4) is 0 Å². The van der Waals surface area contributed by atoms with Gasteiger partial charge in [0.1, 0.15) is 0 Å². The summed E-state index contributed by atoms with van der Waals surface area (Å²) in [7, 11) is 0. The Morgan fingerprint density at radius 1 is 1.35 bits per heavy atom. The highest BCUT2D eigenvalue weighted by atomic mass is 79.9. The molecule has 0 saturated carbocycles. The van der Waals surface area contributed by atoms with Crippen LogP contribution in [-0.2, 0) is 6.42 Å². The summed E-state index contributed by atoms with van der Waals surface area (Å²) in [4.78, 5) is 2.58. The molecule has 112 valence electrons. The van der Waals surface area contributed by atoms with Crippen molar-refractivity contribution in [1.82, 2.24) is 5.32 Å². The summed E-state index contributed by atoms with van der Waals surface area (Å²) in [6, 6.07) is 7.77. The van der Waals surface area contributed by atoms with E-state index >= 15 is 0 Å². The average Bonchev–Trinajstić information content (AvgIpc) is 2.38. The average molecular weight is 339 g/mol. The molecule has 2 atom stereocenters. The number of piperazine rings is 1. The van der Waals surface area contributed by atoms with Crippen LogP contribution in [0.15, 0.2) is 22.7 Å². The topological polar surface area (TPSA) is 15.3 Å². The van der Waals surface area contributed by atoms with Crippen molar-refractivity contribution in [3.05, 3.63) is 28.2 Å². The SMILES string of the molecule is CCc1cc(Br)ccc1N1CC(C(C)(C)C)NCC1C. The molecule has 0 radical (unpaired) electrons. The fourth-order valence-electron chi connectivity index (χ4n) is 2.90. The lowest BCUT2D eigenvalue weighted by Gasteiger charge is -2.45. The minimum Gasteiger partial charge on any atom is -0.366 e. The van der Waals surface area contributed by atoms with E-state index in [-0.39, 0.29) is 0 Å². The van der Waals surface area contributed by atoms with Gasteiger partial charge in [0.15, 0.2) is 0 Å². The van der Waals surface area contributed by atoms with Gasteiger partial charge in [0.25, 0.3) is 0 Å². The molecular weight excluding hydrogens is 312 g/mol. The lowest BCUT2D eigenvalue weighted by molar-refractivity contribution is 0.239. The molecule has 1 saturated heterocycles. The molecule has 3 heteroatoms. The molecule has 1 fully saturated rings. The van der Waals surface area contributed by atoms with E-state index < -0.39 is 0 Å². The summed E-state index contributed by atoms with van der Waals surface area (Å²) in [5.74, 6) is 0. The van der Waals surface area contributed by atoms with Crippen molar-refractivity contribution in [3.63, 3.8) is 0 Å². The Hall–Kier alpha value is -0.540. The van der Waals surface area contributed by atoms with Gasteiger partial charge in [-0.15, -0.1) is 0 Å². The van der Waals surface area contributed by atoms with Crippen LogP contribution in [0.1, 0.15) is 40.2 Å². The molecule has 1 N–H and O–H groups in total. The Bertz CT molecular complexity index is 465. The Balaban J connectivity index is 2.30. The zero-order valence-corrected chi connectivity index (χ0v) is 14.9. The molecule has 1 aromatic rings. The fourth-order valence-corrected chi connectivity index (χ4v) is 3.31. The maximum atomic E-state index is 3.71. The zero-order valence-electron chi connectivity index (χ0n) is 13.3. The number of halogens is 1. The quantitative estimate of drug-likeness (QED) is 0.868. The third kappa shape index (κ3) is 3.37. The smallest absolute Gasteiger partial charge is 0.0402 e. The van der Waals surface area contributed by atoms with Crippen LogP contribution in [-0.4, -0.2) is 25.2 Å². The summed E-state index contributed by atoms with van der Waals surface area (Å²) >= 11 is 3.59. The van der Waals surface area contributed by atoms with Crippen LogP contribution in [0.5, 0.6) is 0 Å². The Morgan fingerprint density at radius 2 is 2.05 bits per heavy atom. The van der Waals surface area contributed by atoms with Crippen molar-refractivity contribution >= 4 is 21.6 Å². The molecule has 2 nitrogen and oxygen atoms in total. The number of rotatable bonds is 2. The highest BCUT2D eigenvalue weighted by molar-refractivity contribution is 9.10. The van der Waals surface area contributed by atoms with Gasteiger partial charge in [-0.25, -0.2) is 0 Å². The van der Waals surface area contributed by atoms with Crippen molar-refractivity contribution in [2.75, 3.05) is 18.0 Å². The van der Waals surface area contributed by atoms with Crippen molar-refractivity contribution < 1.29 is 0 Å². The number of hydrogen-bond acceptors (Lipinski definition) is 2. The van der Waals surface area contributed by atoms with Gasteiger partial charge in [-0.1, -0.05) is 43.6 Å². The van der Waals surface area contributed by atoms with Crippen LogP contribution in [0, 0.1) is 5.41 Å². The van der Waals surface area contributed by atoms with Crippen molar-refractivity contribution in [1.29, 1.82) is 0 Å². The highest BCUT2D eigenvalue weighted by Gasteiger charge is 2.33. The van der Waals surface area contributed by atoms with Crippen LogP contribution in [0.25, 0.3) is 0 Å². The molecule has 0 amide bonds. The fraction of sp³-hybridized carbons (Fsp3) is 0.647. The van der Waals surface area contributed by atoms with Gasteiger partial charge < -0.3 is 10.2 Å². The van der Waals surface area contributed by atoms with E-state index in [4.69, 9.17) is 0 Å². The molecule has 2 unspecified atom stereocenters. The van der Waals surface area contributed by atoms with Gasteiger partial charge in [0.05, 0.1) is 0 Å². The summed E-state index contributed by atoms with van der Waals surface area (Å²) in [6.07, 6.45) is 1.08. The number of benzene rings is 1. The molecule has 1 heterocycles. The largest absolute Gasteiger partial charge is 0.366 e. The van der Waals surface area contributed by atoms with Gasteiger partial charge in [-0.3, -0.25) is 0 Å². The van der Waals surface area contributed by atoms with Crippen LogP contribution in [0.2, 0.25) is 0 Å². The third-order valence-corrected chi connectivity index (χ3v) is 4.84. The van der Waals surface area contributed by atoms with Crippen LogP contribution >= 0.6 is 15.9 Å². The third-order valence-electron chi connectivity index (χ3n) is 4.35. The number of anilines is 1. The first-order valence-corrected chi connectivity index (χ1v) is 8.40. The van der Waals surface area contributed by atoms with Crippen molar-refractivity contribution in [2.45, 2.75) is 53.1 Å². The minimum absolute atomic E-state index is 0.292. The van der Waals surface area contributed by atoms with E-state index in [0.717, 1.165) is 19.5 Å². The van der Waals surface area contributed by atoms with Gasteiger partial charge in [-0.2, -0.15) is 0 Å². The van der Waals surface area contributed by atoms with E-state index in [2.05, 4.69) is 79.0 Å². The van der Waals surface area contributed by atoms with Gasteiger partial charge in [-0.05, 0) is 42.5 Å². The van der Waals surface area contributed by atoms with Crippen LogP contribution in [0.3, 0.4) is 0 Å². The van der Waals surface area contributed by atoms with E-state index in [1.807, 2.05) is 0 Å². The molecule has 1 aliphatic rings. The predicted molar refractivity (Wildman–Crippen MR) is 91.6 cm³/mol. The van der Waals surface area contributed by atoms with E-state index in [0.29, 0.717) is 17.5 Å². The summed E-state index contributed by atoms with van der Waals surface area (Å²) in [5, 5.41) is 3.71. The lowest BCUT2D eigenvalue weighted by atomic mass is 9.84. The Labute approximate surface area is 132 Å². The lowest BCUT2D eigenvalue weighted by Crippen LogP contribution is -2.59. The molecule has 0 bridgehead atoms. The number of aryl methyl sites for hydroxylation is 1. The minimum atomic E-state index is 0.292. The van der Waals surface area contributed by atoms with Crippen LogP contribution < -0.4 is 10.2 Å². The monoisotopic (exact) mass is 338 g/mol. The summed E-state index contributed by atoms with van der Waals surface area (Å²) < 4.78 is 1.17. The molecule has 2 rings (SSSR count). The Kier molecular flexibility index (Phi) is 4.80. The van der Waals surface area contributed by atoms with Crippen LogP contribution in [0.4, 0.5) is 5.69 Å². The first-order valence-electron chi connectivity index (χ1n) is 7.61. The highest BCUT2D eigenvalue weighted by Crippen LogP contribution is 2.31. The van der Waals surface area contributed by atoms with E-state index in [1.165, 1.54) is 15.7 Å². The molecule has 0 aromatic heterocycles. The number of nitrogens with zero attached hydrogens (tertiary/aromatic N) is 1. The summed E-state index contributed by atoms with van der Waals surface area (Å²) in [6.45, 7) is 13.6. The standard InChI is InChI=1S/C17H27BrN2/c1-6-13-9-14(18)7-8-15(13)20-11-16(17(3,4)5)19-10-12(20)2/h7-9,12,16,19H,6,10-11H2,1-5H3. The normalized spacial score (nSPS) is 24.0. The number of nitrogens with one attached hydrogen (secondary N) is 1. The molecule has 0 spiro atoms. The Morgan fingerprint density at radius 3 is 2.65 bits per heavy atom. The number of hydrogen-bond donors (Lipinski definition) is 1. The first-order chi connectivity index (χ1) is 9.32. The van der Waals surface area contributed by atoms with E-state index in [9.17, 15) is 0 Å². The zero-order chi connectivity index (χ0) is 14.9. The molecule has 0 aliphatic carbocycles. The second kappa shape index (κ2) is 6.07. The van der Waals surface area contributed by atoms with Gasteiger partial charge in [0.2, 0.25) is 0 Å². The summed E-state index contributed by atoms with van der Waals surface area (Å²) in [5.41, 5.74) is 3.12. The maximum Gasteiger partial charge on any atom is 0.0402 e. The molecule has 1 aliphatic heterocycles. The molecule has 1 aromatic carbocycles. The van der Waals surface area contributed by atoms with Crippen molar-refractivity contribution in [2.24, 2.45) is 5.41 Å². The second-order valence-electron chi connectivity index (χ2n) is 6.95. The van der Waals surface area contributed by atoms with Gasteiger partial charge in [0, 0.05) is 35.3 Å². The molecule has 20 heavy (non-hydrogen) atoms. The van der Waals surface area contributed by atoms with E-state index in [1.54, 1.807) is 0 Å². The molecular formula is C17H27BrN2. The second-order valence-corrected chi connectivity index (χ2v) is 7.87.